The summed E-state index contributed by atoms with van der Waals surface area (Å²) in [5.74, 6) is -0.0916. The van der Waals surface area contributed by atoms with Crippen LogP contribution in [-0.2, 0) is 52.9 Å². The molecule has 19 nitrogen and oxygen atoms in total. The molecule has 0 spiro atoms. The molecule has 0 aromatic heterocycles. The van der Waals surface area contributed by atoms with Crippen molar-refractivity contribution in [2.45, 2.75) is 85.9 Å². The number of imide groups is 2. The van der Waals surface area contributed by atoms with E-state index in [-0.39, 0.29) is 156 Å². The van der Waals surface area contributed by atoms with Crippen molar-refractivity contribution in [3.63, 3.8) is 0 Å². The summed E-state index contributed by atoms with van der Waals surface area (Å²) >= 11 is 2.98. The number of amides is 6. The standard InChI is InChI=1S/C10H18N2O2S.2C8H5NO2.C7H7ClO2S.2C7H7O2S.CH4.4Bi.K.H2N.2O.6H/c13-5-3-1-2-4-8-9-7(6-15-8)11-10(14)12-9;2*10-7-5-3-1-2-4-6(5)8(11)9-7;1-6-2-4-7(5-3-6)11(8,9)10;2*1-6-2-4-7(5-3-6)10(8)9;;;;;;;;;;;;;;;/h7-9,13H,1-6H2,(H2,11,12,14);2*1-4H,(H,9,10,11);2-5H,1H3;2*2-5H,1H3;1H4;;;;;;1H2;;;;;;;;/q;;;;2*-1;;;;3*+1;-1;;;;;;;;/p-2/t7-,8-,9-;;;;;;;;;;;;;;;;;;;;/m0..................../s1. The summed E-state index contributed by atoms with van der Waals surface area (Å²) in [7, 11) is -2.64. The zero-order chi connectivity index (χ0) is 56.8. The van der Waals surface area contributed by atoms with Crippen LogP contribution in [0.2, 0.25) is 0 Å². The van der Waals surface area contributed by atoms with Crippen LogP contribution in [0.3, 0.4) is 0 Å². The van der Waals surface area contributed by atoms with Crippen LogP contribution in [0.4, 0.5) is 4.79 Å². The van der Waals surface area contributed by atoms with Crippen molar-refractivity contribution in [2.75, 3.05) is 12.4 Å². The molecule has 77 heavy (non-hydrogen) atoms. The minimum atomic E-state index is -3.55. The molecule has 0 bridgehead atoms. The topological polar surface area (TPSA) is 310 Å². The number of unbranched alkanes of at least 4 members (excludes halogenated alkanes) is 2. The third-order valence-electron chi connectivity index (χ3n) is 10.2. The Bertz CT molecular complexity index is 2800. The van der Waals surface area contributed by atoms with Gasteiger partial charge in [-0.2, -0.15) is 11.8 Å². The van der Waals surface area contributed by atoms with Gasteiger partial charge in [-0.15, -0.1) is 0 Å². The number of urea groups is 1. The second kappa shape index (κ2) is 42.6. The number of hydrogen-bond acceptors (Lipinski definition) is 18. The van der Waals surface area contributed by atoms with Crippen LogP contribution in [0.15, 0.2) is 136 Å². The van der Waals surface area contributed by atoms with E-state index in [1.165, 1.54) is 15.0 Å². The fourth-order valence-electron chi connectivity index (χ4n) is 6.55. The monoisotopic (exact) mass is 1970 g/mol. The normalized spacial score (nSPS) is 15.5. The fourth-order valence-corrected chi connectivity index (χ4v) is 10.7. The number of carbonyl (C=O) groups excluding carboxylic acids is 5. The molecule has 29 heteroatoms. The molecular formula is C48H59Bi4ClKN5O14S4-2. The summed E-state index contributed by atoms with van der Waals surface area (Å²) in [6, 6.07) is 34.0. The number of halogens is 1. The number of aryl methyl sites for hydroxylation is 3. The van der Waals surface area contributed by atoms with Crippen LogP contribution in [-0.4, -0.2) is 175 Å². The molecule has 414 valence electrons. The summed E-state index contributed by atoms with van der Waals surface area (Å²) in [5, 5.41) is 18.4. The Morgan fingerprint density at radius 3 is 1.40 bits per heavy atom. The number of thioether (sulfide) groups is 1. The van der Waals surface area contributed by atoms with Gasteiger partial charge in [-0.1, -0.05) is 132 Å². The van der Waals surface area contributed by atoms with Crippen LogP contribution in [0.1, 0.15) is 91.2 Å². The van der Waals surface area contributed by atoms with Gasteiger partial charge in [0.25, 0.3) is 9.05 Å². The first-order valence-electron chi connectivity index (χ1n) is 21.7. The predicted octanol–water partition coefficient (Wildman–Crippen LogP) is 1.74. The van der Waals surface area contributed by atoms with E-state index >= 15 is 0 Å². The van der Waals surface area contributed by atoms with Gasteiger partial charge in [-0.05, 0) is 67.2 Å². The molecule has 5 aromatic rings. The molecule has 9 rings (SSSR count). The van der Waals surface area contributed by atoms with Crippen LogP contribution in [0.5, 0.6) is 0 Å². The van der Waals surface area contributed by atoms with Gasteiger partial charge in [0.1, 0.15) is 0 Å². The number of nitrogens with one attached hydrogen (secondary N) is 2. The zero-order valence-electron chi connectivity index (χ0n) is 41.4. The maximum atomic E-state index is 11.4. The number of fused-ring (bicyclic) bond motifs is 3. The molecule has 2 fully saturated rings. The second-order valence-corrected chi connectivity index (χ2v) is 23.1. The molecule has 5 aromatic carbocycles. The zero-order valence-corrected chi connectivity index (χ0v) is 65.3. The number of aliphatic hydroxyl groups is 1. The van der Waals surface area contributed by atoms with Crippen molar-refractivity contribution in [3.05, 3.63) is 166 Å². The van der Waals surface area contributed by atoms with Crippen molar-refractivity contribution in [1.82, 2.24) is 13.5 Å². The predicted molar refractivity (Wildman–Crippen MR) is 301 cm³/mol. The van der Waals surface area contributed by atoms with E-state index in [1.54, 1.807) is 109 Å². The van der Waals surface area contributed by atoms with E-state index in [4.69, 9.17) is 21.4 Å². The average molecular weight is 1970 g/mol. The summed E-state index contributed by atoms with van der Waals surface area (Å²) in [5.41, 5.74) is 5.06. The SMILES string of the molecule is C.Cc1ccc(S(=O)(=O)Cl)cc1.Cc1ccc([S-](=O)=O)cc1.Cc1ccc([S-](=O)=O)cc1.O=C1N[C@H]2[C@H](CS[C@H]2CCCCCO)N1.O=C1[N-]C(=O)c2ccccc21.O=C1c2ccccc2C(=O)[N]1[BiH2].[K+].[NH2][BiH2].[O]=[BiH].[O]=[BiH]. The van der Waals surface area contributed by atoms with Gasteiger partial charge >= 0.3 is 226 Å². The van der Waals surface area contributed by atoms with Gasteiger partial charge in [0.15, 0.2) is 0 Å². The molecule has 0 unspecified atom stereocenters. The summed E-state index contributed by atoms with van der Waals surface area (Å²) < 4.78 is 85.4. The number of benzene rings is 5. The van der Waals surface area contributed by atoms with E-state index in [2.05, 4.69) is 19.6 Å². The number of hydrogen-bond donors (Lipinski definition) is 4. The van der Waals surface area contributed by atoms with Crippen molar-refractivity contribution < 1.29 is 111 Å². The Morgan fingerprint density at radius 2 is 1.04 bits per heavy atom. The van der Waals surface area contributed by atoms with E-state index < -0.39 is 42.3 Å². The number of rotatable bonds is 8. The Hall–Kier alpha value is -1.17. The summed E-state index contributed by atoms with van der Waals surface area (Å²) in [4.78, 5) is 56.4. The number of nitrogens with two attached hydrogens (primary N) is 1. The van der Waals surface area contributed by atoms with E-state index in [9.17, 15) is 49.2 Å². The molecule has 0 saturated carbocycles. The molecule has 4 aliphatic heterocycles. The van der Waals surface area contributed by atoms with Gasteiger partial charge in [-0.25, -0.2) is 13.2 Å². The first kappa shape index (κ1) is 77.9. The summed E-state index contributed by atoms with van der Waals surface area (Å²) in [6.45, 7) is 6.00. The molecule has 6 amide bonds. The summed E-state index contributed by atoms with van der Waals surface area (Å²) in [6.07, 6.45) is 4.29. The maximum absolute atomic E-state index is 11.4. The number of nitrogens with zero attached hydrogens (tertiary/aromatic N) is 2. The fraction of sp³-hybridized carbons (Fsp3) is 0.271. The quantitative estimate of drug-likeness (QED) is 0.0430. The molecular weight excluding hydrogens is 1910 g/mol. The molecule has 4 aliphatic rings. The van der Waals surface area contributed by atoms with Gasteiger partial charge in [-0.3, -0.25) is 0 Å². The van der Waals surface area contributed by atoms with Gasteiger partial charge in [0, 0.05) is 39.4 Å². The third-order valence-corrected chi connectivity index (χ3v) is 16.2. The van der Waals surface area contributed by atoms with Crippen molar-refractivity contribution >= 4 is 182 Å². The Morgan fingerprint density at radius 1 is 0.662 bits per heavy atom. The second-order valence-electron chi connectivity index (χ2n) is 15.3. The molecule has 0 aliphatic carbocycles. The third kappa shape index (κ3) is 27.6. The minimum absolute atomic E-state index is 0. The Kier molecular flexibility index (Phi) is 43.1. The molecule has 5 N–H and O–H groups in total. The molecule has 0 radical (unpaired) electrons. The van der Waals surface area contributed by atoms with E-state index in [0.717, 1.165) is 48.1 Å². The first-order chi connectivity index (χ1) is 35.7. The first-order valence-corrected chi connectivity index (χ1v) is 35.0. The molecule has 2 saturated heterocycles. The average Bonchev–Trinajstić information content (AvgIpc) is 4.12. The van der Waals surface area contributed by atoms with Gasteiger partial charge < -0.3 is 47.5 Å². The molecule has 3 atom stereocenters. The van der Waals surface area contributed by atoms with E-state index in [0.29, 0.717) is 81.0 Å². The van der Waals surface area contributed by atoms with Gasteiger partial charge in [0.2, 0.25) is 0 Å². The number of carbonyl (C=O) groups is 5. The molecule has 4 heterocycles. The van der Waals surface area contributed by atoms with Gasteiger partial charge in [0.05, 0.1) is 28.8 Å². The van der Waals surface area contributed by atoms with Crippen LogP contribution < -0.4 is 65.7 Å². The van der Waals surface area contributed by atoms with Crippen molar-refractivity contribution in [1.29, 1.82) is 0 Å². The van der Waals surface area contributed by atoms with E-state index in [1.807, 2.05) is 32.5 Å². The van der Waals surface area contributed by atoms with Crippen LogP contribution in [0.25, 0.3) is 5.32 Å². The van der Waals surface area contributed by atoms with Crippen molar-refractivity contribution in [2.24, 2.45) is 3.68 Å². The Labute approximate surface area is 565 Å². The number of aliphatic hydroxyl groups excluding tert-OH is 1. The Balaban J connectivity index is 0. The van der Waals surface area contributed by atoms with Crippen molar-refractivity contribution in [3.8, 4) is 0 Å². The van der Waals surface area contributed by atoms with Crippen LogP contribution >= 0.6 is 22.4 Å². The van der Waals surface area contributed by atoms with Crippen LogP contribution in [0, 0.1) is 20.8 Å².